The monoisotopic (exact) mass is 319 g/mol. The average Bonchev–Trinajstić information content (AvgIpc) is 2.86. The van der Waals surface area contributed by atoms with Crippen molar-refractivity contribution in [3.63, 3.8) is 0 Å². The van der Waals surface area contributed by atoms with Crippen LogP contribution in [0, 0.1) is 0 Å². The summed E-state index contributed by atoms with van der Waals surface area (Å²) in [5.41, 5.74) is 0.720. The summed E-state index contributed by atoms with van der Waals surface area (Å²) in [7, 11) is -3.63. The second-order valence-corrected chi connectivity index (χ2v) is 6.43. The molecule has 5 nitrogen and oxygen atoms in total. The Morgan fingerprint density at radius 1 is 1.32 bits per heavy atom. The van der Waals surface area contributed by atoms with E-state index in [1.807, 2.05) is 0 Å². The van der Waals surface area contributed by atoms with Gasteiger partial charge in [-0.2, -0.15) is 0 Å². The lowest BCUT2D eigenvalue weighted by Gasteiger charge is -2.14. The molecule has 0 aliphatic heterocycles. The Morgan fingerprint density at radius 2 is 2.05 bits per heavy atom. The van der Waals surface area contributed by atoms with E-state index >= 15 is 0 Å². The molecule has 1 aromatic carbocycles. The molecule has 1 heterocycles. The van der Waals surface area contributed by atoms with Crippen LogP contribution in [0.5, 0.6) is 0 Å². The second kappa shape index (κ2) is 5.50. The van der Waals surface area contributed by atoms with Gasteiger partial charge >= 0.3 is 0 Å². The van der Waals surface area contributed by atoms with Crippen LogP contribution in [-0.4, -0.2) is 18.4 Å². The summed E-state index contributed by atoms with van der Waals surface area (Å²) < 4.78 is 26.5. The first-order valence-electron chi connectivity index (χ1n) is 5.36. The minimum Gasteiger partial charge on any atom is -0.335 e. The van der Waals surface area contributed by atoms with Gasteiger partial charge in [0.15, 0.2) is 5.03 Å². The number of sulfonamides is 1. The van der Waals surface area contributed by atoms with Crippen LogP contribution >= 0.6 is 23.2 Å². The standard InChI is InChI=1S/C11H11Cl2N3O2S/c1-7(8-2-3-9(12)10(13)4-8)16-19(17,18)11-5-14-6-15-11/h2-7,16H,1H3,(H,14,15). The fraction of sp³-hybridized carbons (Fsp3) is 0.182. The average molecular weight is 320 g/mol. The van der Waals surface area contributed by atoms with Crippen molar-refractivity contribution in [3.05, 3.63) is 46.3 Å². The zero-order chi connectivity index (χ0) is 14.0. The van der Waals surface area contributed by atoms with Crippen LogP contribution in [0.4, 0.5) is 0 Å². The molecular formula is C11H11Cl2N3O2S. The summed E-state index contributed by atoms with van der Waals surface area (Å²) in [4.78, 5) is 6.23. The molecule has 0 saturated carbocycles. The largest absolute Gasteiger partial charge is 0.335 e. The van der Waals surface area contributed by atoms with Crippen molar-refractivity contribution in [1.82, 2.24) is 14.7 Å². The summed E-state index contributed by atoms with van der Waals surface area (Å²) in [6.07, 6.45) is 2.54. The van der Waals surface area contributed by atoms with Crippen molar-refractivity contribution in [1.29, 1.82) is 0 Å². The molecule has 2 rings (SSSR count). The minimum atomic E-state index is -3.63. The van der Waals surface area contributed by atoms with E-state index in [1.54, 1.807) is 25.1 Å². The highest BCUT2D eigenvalue weighted by molar-refractivity contribution is 7.89. The van der Waals surface area contributed by atoms with Gasteiger partial charge in [-0.25, -0.2) is 18.1 Å². The quantitative estimate of drug-likeness (QED) is 0.909. The number of imidazole rings is 1. The van der Waals surface area contributed by atoms with E-state index in [-0.39, 0.29) is 5.03 Å². The Hall–Kier alpha value is -1.08. The molecule has 1 atom stereocenters. The molecule has 0 saturated heterocycles. The molecule has 0 amide bonds. The molecule has 19 heavy (non-hydrogen) atoms. The van der Waals surface area contributed by atoms with Crippen LogP contribution in [0.25, 0.3) is 0 Å². The summed E-state index contributed by atoms with van der Waals surface area (Å²) in [5, 5.41) is 0.820. The van der Waals surface area contributed by atoms with E-state index in [9.17, 15) is 8.42 Å². The zero-order valence-electron chi connectivity index (χ0n) is 9.89. The molecule has 0 aliphatic carbocycles. The van der Waals surface area contributed by atoms with Gasteiger partial charge in [0.05, 0.1) is 22.6 Å². The number of hydrogen-bond acceptors (Lipinski definition) is 3. The van der Waals surface area contributed by atoms with Gasteiger partial charge in [0.1, 0.15) is 0 Å². The number of hydrogen-bond donors (Lipinski definition) is 2. The SMILES string of the molecule is CC(NS(=O)(=O)c1cnc[nH]1)c1ccc(Cl)c(Cl)c1. The highest BCUT2D eigenvalue weighted by Crippen LogP contribution is 2.26. The van der Waals surface area contributed by atoms with Gasteiger partial charge < -0.3 is 4.98 Å². The molecule has 1 aromatic heterocycles. The highest BCUT2D eigenvalue weighted by atomic mass is 35.5. The maximum absolute atomic E-state index is 12.0. The minimum absolute atomic E-state index is 0.0133. The normalized spacial score (nSPS) is 13.4. The number of halogens is 2. The number of nitrogens with zero attached hydrogens (tertiary/aromatic N) is 1. The van der Waals surface area contributed by atoms with Crippen LogP contribution < -0.4 is 4.72 Å². The van der Waals surface area contributed by atoms with E-state index < -0.39 is 16.1 Å². The third-order valence-corrected chi connectivity index (χ3v) is 4.74. The number of aromatic amines is 1. The molecule has 102 valence electrons. The van der Waals surface area contributed by atoms with E-state index in [0.29, 0.717) is 10.0 Å². The summed E-state index contributed by atoms with van der Waals surface area (Å²) >= 11 is 11.7. The van der Waals surface area contributed by atoms with Gasteiger partial charge in [0.25, 0.3) is 10.0 Å². The van der Waals surface area contributed by atoms with E-state index in [0.717, 1.165) is 5.56 Å². The Balaban J connectivity index is 2.21. The molecule has 2 N–H and O–H groups in total. The van der Waals surface area contributed by atoms with Crippen molar-refractivity contribution < 1.29 is 8.42 Å². The fourth-order valence-corrected chi connectivity index (χ4v) is 2.98. The van der Waals surface area contributed by atoms with Gasteiger partial charge in [-0.3, -0.25) is 0 Å². The Labute approximate surface area is 121 Å². The van der Waals surface area contributed by atoms with E-state index in [1.165, 1.54) is 12.5 Å². The Morgan fingerprint density at radius 3 is 2.63 bits per heavy atom. The van der Waals surface area contributed by atoms with Crippen LogP contribution in [0.3, 0.4) is 0 Å². The van der Waals surface area contributed by atoms with Gasteiger partial charge in [0, 0.05) is 6.04 Å². The first-order chi connectivity index (χ1) is 8.90. The third-order valence-electron chi connectivity index (χ3n) is 2.54. The first kappa shape index (κ1) is 14.3. The predicted octanol–water partition coefficient (Wildman–Crippen LogP) is 2.76. The summed E-state index contributed by atoms with van der Waals surface area (Å²) in [5.74, 6) is 0. The number of aromatic nitrogens is 2. The molecule has 2 aromatic rings. The predicted molar refractivity (Wildman–Crippen MR) is 73.8 cm³/mol. The Bertz CT molecular complexity index is 671. The van der Waals surface area contributed by atoms with Crippen molar-refractivity contribution >= 4 is 33.2 Å². The van der Waals surface area contributed by atoms with Crippen LogP contribution in [0.1, 0.15) is 18.5 Å². The van der Waals surface area contributed by atoms with Crippen LogP contribution in [-0.2, 0) is 10.0 Å². The molecular weight excluding hydrogens is 309 g/mol. The third kappa shape index (κ3) is 3.27. The molecule has 8 heteroatoms. The van der Waals surface area contributed by atoms with Gasteiger partial charge in [-0.1, -0.05) is 29.3 Å². The lowest BCUT2D eigenvalue weighted by atomic mass is 10.1. The fourth-order valence-electron chi connectivity index (χ4n) is 1.54. The number of benzene rings is 1. The molecule has 0 radical (unpaired) electrons. The smallest absolute Gasteiger partial charge is 0.258 e. The number of nitrogens with one attached hydrogen (secondary N) is 2. The molecule has 0 spiro atoms. The Kier molecular flexibility index (Phi) is 4.15. The molecule has 0 bridgehead atoms. The van der Waals surface area contributed by atoms with Gasteiger partial charge in [-0.05, 0) is 24.6 Å². The second-order valence-electron chi connectivity index (χ2n) is 3.93. The van der Waals surface area contributed by atoms with Crippen molar-refractivity contribution in [2.75, 3.05) is 0 Å². The maximum Gasteiger partial charge on any atom is 0.258 e. The van der Waals surface area contributed by atoms with Crippen molar-refractivity contribution in [2.45, 2.75) is 18.0 Å². The summed E-state index contributed by atoms with van der Waals surface area (Å²) in [6.45, 7) is 1.72. The molecule has 0 aliphatic rings. The lowest BCUT2D eigenvalue weighted by Crippen LogP contribution is -2.27. The molecule has 1 unspecified atom stereocenters. The number of rotatable bonds is 4. The van der Waals surface area contributed by atoms with E-state index in [4.69, 9.17) is 23.2 Å². The van der Waals surface area contributed by atoms with Gasteiger partial charge in [-0.15, -0.1) is 0 Å². The maximum atomic E-state index is 12.0. The zero-order valence-corrected chi connectivity index (χ0v) is 12.2. The lowest BCUT2D eigenvalue weighted by molar-refractivity contribution is 0.564. The van der Waals surface area contributed by atoms with Crippen LogP contribution in [0.2, 0.25) is 10.0 Å². The highest BCUT2D eigenvalue weighted by Gasteiger charge is 2.19. The summed E-state index contributed by atoms with van der Waals surface area (Å²) in [6, 6.07) is 4.53. The van der Waals surface area contributed by atoms with E-state index in [2.05, 4.69) is 14.7 Å². The number of H-pyrrole nitrogens is 1. The molecule has 0 fully saturated rings. The van der Waals surface area contributed by atoms with Crippen molar-refractivity contribution in [3.8, 4) is 0 Å². The van der Waals surface area contributed by atoms with Gasteiger partial charge in [0.2, 0.25) is 0 Å². The topological polar surface area (TPSA) is 74.8 Å². The van der Waals surface area contributed by atoms with Crippen LogP contribution in [0.15, 0.2) is 35.7 Å². The van der Waals surface area contributed by atoms with Crippen molar-refractivity contribution in [2.24, 2.45) is 0 Å². The first-order valence-corrected chi connectivity index (χ1v) is 7.60.